The molecule has 1 fully saturated rings. The zero-order valence-corrected chi connectivity index (χ0v) is 23.8. The van der Waals surface area contributed by atoms with Crippen LogP contribution < -0.4 is 24.8 Å². The van der Waals surface area contributed by atoms with Gasteiger partial charge in [-0.25, -0.2) is 0 Å². The topological polar surface area (TPSA) is 85.9 Å². The van der Waals surface area contributed by atoms with Gasteiger partial charge >= 0.3 is 0 Å². The first kappa shape index (κ1) is 28.0. The van der Waals surface area contributed by atoms with E-state index in [1.54, 1.807) is 42.5 Å². The number of benzene rings is 3. The quantitative estimate of drug-likeness (QED) is 0.158. The summed E-state index contributed by atoms with van der Waals surface area (Å²) >= 11 is 15.7. The second-order valence-corrected chi connectivity index (χ2v) is 10.9. The third-order valence-electron chi connectivity index (χ3n) is 5.13. The first-order valence-corrected chi connectivity index (χ1v) is 13.8. The van der Waals surface area contributed by atoms with Crippen molar-refractivity contribution in [2.24, 2.45) is 0 Å². The first-order chi connectivity index (χ1) is 18.4. The van der Waals surface area contributed by atoms with E-state index in [-0.39, 0.29) is 31.6 Å². The molecule has 4 rings (SSSR count). The van der Waals surface area contributed by atoms with Crippen LogP contribution in [0.15, 0.2) is 76.1 Å². The van der Waals surface area contributed by atoms with Gasteiger partial charge in [0.2, 0.25) is 0 Å². The fourth-order valence-electron chi connectivity index (χ4n) is 3.27. The van der Waals surface area contributed by atoms with E-state index in [1.165, 1.54) is 11.8 Å². The predicted octanol–water partition coefficient (Wildman–Crippen LogP) is 5.74. The maximum Gasteiger partial charge on any atom is 0.263 e. The van der Waals surface area contributed by atoms with Crippen LogP contribution in [0, 0.1) is 0 Å². The fourth-order valence-corrected chi connectivity index (χ4v) is 4.83. The molecule has 7 nitrogen and oxygen atoms in total. The largest absolute Gasteiger partial charge is 0.492 e. The Hall–Kier alpha value is -3.05. The number of carbonyl (C=O) groups is 2. The van der Waals surface area contributed by atoms with Gasteiger partial charge in [-0.2, -0.15) is 0 Å². The highest BCUT2D eigenvalue weighted by Gasteiger charge is 2.22. The van der Waals surface area contributed by atoms with Crippen LogP contribution in [0.1, 0.15) is 11.1 Å². The Morgan fingerprint density at radius 1 is 1.05 bits per heavy atom. The van der Waals surface area contributed by atoms with Crippen molar-refractivity contribution in [3.8, 4) is 17.2 Å². The van der Waals surface area contributed by atoms with Gasteiger partial charge in [0.1, 0.15) is 34.8 Å². The van der Waals surface area contributed by atoms with E-state index >= 15 is 0 Å². The standard InChI is InChI=1S/C27H22BrClN2O5S2/c28-22-4-2-1-3-18(22)15-36-23-14-21(8-5-17(23)13-24-26(33)31-27(37)38-24)34-12-11-30-25(32)16-35-20-9-6-19(29)7-10-20/h1-10,13-14H,11-12,15-16H2,(H,30,32)(H,31,33,37)/b24-13-. The van der Waals surface area contributed by atoms with Gasteiger partial charge in [0.15, 0.2) is 6.61 Å². The lowest BCUT2D eigenvalue weighted by molar-refractivity contribution is -0.123. The van der Waals surface area contributed by atoms with Gasteiger partial charge in [-0.3, -0.25) is 9.59 Å². The lowest BCUT2D eigenvalue weighted by Crippen LogP contribution is -2.32. The third kappa shape index (κ3) is 8.22. The molecule has 0 atom stereocenters. The van der Waals surface area contributed by atoms with E-state index in [0.717, 1.165) is 10.0 Å². The second kappa shape index (κ2) is 13.7. The number of hydrogen-bond acceptors (Lipinski definition) is 7. The summed E-state index contributed by atoms with van der Waals surface area (Å²) in [4.78, 5) is 24.7. The second-order valence-electron chi connectivity index (χ2n) is 7.87. The Morgan fingerprint density at radius 3 is 2.55 bits per heavy atom. The van der Waals surface area contributed by atoms with Crippen LogP contribution in [-0.2, 0) is 16.2 Å². The number of halogens is 2. The summed E-state index contributed by atoms with van der Waals surface area (Å²) in [6.07, 6.45) is 1.74. The van der Waals surface area contributed by atoms with Crippen molar-refractivity contribution >= 4 is 73.7 Å². The smallest absolute Gasteiger partial charge is 0.263 e. The summed E-state index contributed by atoms with van der Waals surface area (Å²) in [7, 11) is 0. The van der Waals surface area contributed by atoms with E-state index in [4.69, 9.17) is 38.0 Å². The number of hydrogen-bond donors (Lipinski definition) is 2. The molecule has 1 aliphatic heterocycles. The average Bonchev–Trinajstić information content (AvgIpc) is 3.23. The number of carbonyl (C=O) groups excluding carboxylic acids is 2. The monoisotopic (exact) mass is 632 g/mol. The van der Waals surface area contributed by atoms with Gasteiger partial charge in [0.25, 0.3) is 11.8 Å². The minimum atomic E-state index is -0.270. The number of nitrogens with one attached hydrogen (secondary N) is 2. The van der Waals surface area contributed by atoms with Gasteiger partial charge in [0, 0.05) is 26.7 Å². The van der Waals surface area contributed by atoms with E-state index in [1.807, 2.05) is 30.3 Å². The molecule has 11 heteroatoms. The van der Waals surface area contributed by atoms with Crippen molar-refractivity contribution in [2.45, 2.75) is 6.61 Å². The SMILES string of the molecule is O=C(COc1ccc(Cl)cc1)NCCOc1ccc(/C=C2\SC(=S)NC2=O)c(OCc2ccccc2Br)c1. The molecule has 1 aliphatic rings. The Labute approximate surface area is 243 Å². The molecule has 1 saturated heterocycles. The molecule has 0 radical (unpaired) electrons. The van der Waals surface area contributed by atoms with Crippen LogP contribution in [0.3, 0.4) is 0 Å². The van der Waals surface area contributed by atoms with E-state index < -0.39 is 0 Å². The van der Waals surface area contributed by atoms with Crippen molar-refractivity contribution in [3.63, 3.8) is 0 Å². The normalized spacial score (nSPS) is 13.8. The molecule has 196 valence electrons. The number of amides is 2. The maximum absolute atomic E-state index is 12.2. The van der Waals surface area contributed by atoms with Crippen molar-refractivity contribution in [2.75, 3.05) is 19.8 Å². The van der Waals surface area contributed by atoms with Gasteiger partial charge in [-0.1, -0.05) is 69.7 Å². The van der Waals surface area contributed by atoms with Crippen LogP contribution in [-0.4, -0.2) is 35.9 Å². The van der Waals surface area contributed by atoms with Crippen LogP contribution in [0.2, 0.25) is 5.02 Å². The number of ether oxygens (including phenoxy) is 3. The molecule has 0 spiro atoms. The average molecular weight is 634 g/mol. The summed E-state index contributed by atoms with van der Waals surface area (Å²) in [6, 6.07) is 19.9. The van der Waals surface area contributed by atoms with E-state index in [9.17, 15) is 9.59 Å². The summed E-state index contributed by atoms with van der Waals surface area (Å²) < 4.78 is 18.7. The summed E-state index contributed by atoms with van der Waals surface area (Å²) in [5.41, 5.74) is 1.68. The Balaban J connectivity index is 1.35. The van der Waals surface area contributed by atoms with Gasteiger partial charge in [0.05, 0.1) is 11.4 Å². The summed E-state index contributed by atoms with van der Waals surface area (Å²) in [5, 5.41) is 5.96. The highest BCUT2D eigenvalue weighted by Crippen LogP contribution is 2.32. The number of thiocarbonyl (C=S) groups is 1. The summed E-state index contributed by atoms with van der Waals surface area (Å²) in [5.74, 6) is 1.14. The maximum atomic E-state index is 12.2. The Bertz CT molecular complexity index is 1370. The zero-order valence-electron chi connectivity index (χ0n) is 19.9. The van der Waals surface area contributed by atoms with Crippen LogP contribution in [0.5, 0.6) is 17.2 Å². The molecule has 2 N–H and O–H groups in total. The predicted molar refractivity (Wildman–Crippen MR) is 157 cm³/mol. The molecule has 0 unspecified atom stereocenters. The molecule has 0 aromatic heterocycles. The molecular formula is C27H22BrClN2O5S2. The lowest BCUT2D eigenvalue weighted by Gasteiger charge is -2.14. The van der Waals surface area contributed by atoms with Crippen LogP contribution in [0.4, 0.5) is 0 Å². The molecule has 2 amide bonds. The van der Waals surface area contributed by atoms with Crippen molar-refractivity contribution < 1.29 is 23.8 Å². The first-order valence-electron chi connectivity index (χ1n) is 11.4. The van der Waals surface area contributed by atoms with Gasteiger partial charge in [-0.15, -0.1) is 0 Å². The van der Waals surface area contributed by atoms with Crippen LogP contribution >= 0.6 is 51.5 Å². The number of rotatable bonds is 11. The molecular weight excluding hydrogens is 612 g/mol. The zero-order chi connectivity index (χ0) is 26.9. The molecule has 38 heavy (non-hydrogen) atoms. The highest BCUT2D eigenvalue weighted by molar-refractivity contribution is 9.10. The van der Waals surface area contributed by atoms with E-state index in [2.05, 4.69) is 26.6 Å². The Morgan fingerprint density at radius 2 is 1.82 bits per heavy atom. The highest BCUT2D eigenvalue weighted by atomic mass is 79.9. The fraction of sp³-hybridized carbons (Fsp3) is 0.148. The molecule has 0 bridgehead atoms. The van der Waals surface area contributed by atoms with Crippen molar-refractivity contribution in [3.05, 3.63) is 92.3 Å². The summed E-state index contributed by atoms with van der Waals surface area (Å²) in [6.45, 7) is 0.717. The minimum Gasteiger partial charge on any atom is -0.492 e. The molecule has 0 aliphatic carbocycles. The Kier molecular flexibility index (Phi) is 10.1. The minimum absolute atomic E-state index is 0.118. The van der Waals surface area contributed by atoms with Crippen molar-refractivity contribution in [1.82, 2.24) is 10.6 Å². The van der Waals surface area contributed by atoms with Crippen LogP contribution in [0.25, 0.3) is 6.08 Å². The lowest BCUT2D eigenvalue weighted by atomic mass is 10.1. The van der Waals surface area contributed by atoms with E-state index in [0.29, 0.717) is 43.7 Å². The molecule has 0 saturated carbocycles. The number of thioether (sulfide) groups is 1. The molecule has 1 heterocycles. The van der Waals surface area contributed by atoms with Crippen molar-refractivity contribution in [1.29, 1.82) is 0 Å². The van der Waals surface area contributed by atoms with Gasteiger partial charge in [-0.05, 0) is 48.5 Å². The third-order valence-corrected chi connectivity index (χ3v) is 7.32. The molecule has 3 aromatic carbocycles. The molecule has 3 aromatic rings. The van der Waals surface area contributed by atoms with Gasteiger partial charge < -0.3 is 24.8 Å².